The number of hydrogen-bond acceptors (Lipinski definition) is 19. The van der Waals surface area contributed by atoms with Gasteiger partial charge in [0.15, 0.2) is 0 Å². The normalized spacial score (nSPS) is 16.8. The number of nitrogens with one attached hydrogen (secondary N) is 3. The fourth-order valence-corrected chi connectivity index (χ4v) is 14.0. The van der Waals surface area contributed by atoms with Crippen LogP contribution in [-0.2, 0) is 54.4 Å². The minimum absolute atomic E-state index is 0.0386. The van der Waals surface area contributed by atoms with E-state index in [0.29, 0.717) is 64.3 Å². The first kappa shape index (κ1) is 83.7. The van der Waals surface area contributed by atoms with Crippen LogP contribution in [0.3, 0.4) is 0 Å². The molecule has 0 spiro atoms. The van der Waals surface area contributed by atoms with Crippen LogP contribution in [0.5, 0.6) is 0 Å². The molecule has 2 aliphatic heterocycles. The molecule has 0 aliphatic carbocycles. The Labute approximate surface area is 621 Å². The van der Waals surface area contributed by atoms with Gasteiger partial charge in [-0.2, -0.15) is 26.3 Å². The van der Waals surface area contributed by atoms with Crippen molar-refractivity contribution in [2.24, 2.45) is 11.8 Å². The highest BCUT2D eigenvalue weighted by Crippen LogP contribution is 2.44. The highest BCUT2D eigenvalue weighted by Gasteiger charge is 2.42. The predicted molar refractivity (Wildman–Crippen MR) is 402 cm³/mol. The number of carboxylic acid groups (broad SMARTS) is 1. The molecule has 10 rings (SSSR count). The van der Waals surface area contributed by atoms with E-state index in [0.717, 1.165) is 46.7 Å². The van der Waals surface area contributed by atoms with Gasteiger partial charge in [-0.15, -0.1) is 0 Å². The largest absolute Gasteiger partial charge is 0.481 e. The number of ether oxygens (including phenoxy) is 4. The van der Waals surface area contributed by atoms with E-state index in [1.165, 1.54) is 14.7 Å². The lowest BCUT2D eigenvalue weighted by molar-refractivity contribution is -0.143. The first-order valence-electron chi connectivity index (χ1n) is 35.4. The fraction of sp³-hybridized carbons (Fsp3) is 0.541. The number of carbonyl (C=O) groups excluding carboxylic acids is 3. The van der Waals surface area contributed by atoms with Gasteiger partial charge in [0.25, 0.3) is 0 Å². The van der Waals surface area contributed by atoms with Crippen molar-refractivity contribution < 1.29 is 78.6 Å². The van der Waals surface area contributed by atoms with Gasteiger partial charge in [-0.25, -0.2) is 29.5 Å². The Balaban J connectivity index is 0.000000261. The number of carbonyl (C=O) groups is 4. The monoisotopic (exact) mass is 1530 g/mol. The molecule has 0 saturated carbocycles. The van der Waals surface area contributed by atoms with Crippen LogP contribution in [0.15, 0.2) is 70.2 Å². The number of nitrogens with zero attached hydrogens (tertiary/aromatic N) is 11. The number of piperidine rings is 2. The summed E-state index contributed by atoms with van der Waals surface area (Å²) in [5.41, 5.74) is 2.01. The maximum Gasteiger partial charge on any atom is 0.419 e. The molecule has 33 heteroatoms. The topological polar surface area (TPSA) is 285 Å². The van der Waals surface area contributed by atoms with E-state index in [9.17, 15) is 50.6 Å². The molecule has 4 atom stereocenters. The molecule has 2 fully saturated rings. The van der Waals surface area contributed by atoms with Crippen molar-refractivity contribution >= 4 is 73.9 Å². The van der Waals surface area contributed by atoms with E-state index in [2.05, 4.69) is 85.5 Å². The molecule has 8 aromatic rings. The first-order valence-corrected chi connectivity index (χ1v) is 42.8. The summed E-state index contributed by atoms with van der Waals surface area (Å²) in [5, 5.41) is 27.9. The Morgan fingerprint density at radius 2 is 0.972 bits per heavy atom. The van der Waals surface area contributed by atoms with Crippen molar-refractivity contribution in [3.63, 3.8) is 0 Å². The number of carboxylic acids is 1. The summed E-state index contributed by atoms with van der Waals surface area (Å²) in [4.78, 5) is 72.3. The summed E-state index contributed by atoms with van der Waals surface area (Å²) in [6, 6.07) is 11.5. The maximum absolute atomic E-state index is 14.7. The highest BCUT2D eigenvalue weighted by molar-refractivity contribution is 6.76. The van der Waals surface area contributed by atoms with Crippen molar-refractivity contribution in [3.8, 4) is 44.8 Å². The van der Waals surface area contributed by atoms with E-state index < -0.39 is 92.9 Å². The van der Waals surface area contributed by atoms with Gasteiger partial charge >= 0.3 is 30.5 Å². The Hall–Kier alpha value is -8.93. The van der Waals surface area contributed by atoms with Gasteiger partial charge < -0.3 is 72.9 Å². The molecule has 6 aromatic heterocycles. The average molecular weight is 1530 g/mol. The molecule has 584 valence electrons. The third-order valence-corrected chi connectivity index (χ3v) is 21.0. The molecule has 4 N–H and O–H groups in total. The summed E-state index contributed by atoms with van der Waals surface area (Å²) in [7, 11) is 4.22. The van der Waals surface area contributed by atoms with Crippen LogP contribution in [0.1, 0.15) is 88.4 Å². The Morgan fingerprint density at radius 1 is 0.598 bits per heavy atom. The molecular weight excluding hydrogens is 1430 g/mol. The van der Waals surface area contributed by atoms with Gasteiger partial charge in [0.05, 0.1) is 45.6 Å². The standard InChI is InChI=1S/C37H50F3N7O5Si.C35H45F3N6O6Si.C2H7N/c1-22-31(23(2)52-44-22)24-11-12-27-28(20-47(30(27)16-24)21-50-13-14-53(8,9)10)32-29(37(38,39)40)17-41-34(43-32)42-26-15-25(33(48)45(6)7)18-46(19-26)35(49)51-36(3,4)5;1-20-29(21(2)50-42-20)22-9-10-25-26(18-44(28(25)14-22)19-48-11-12-51(6,7)8)30-27(35(36,37)38)15-39-32(41-30)40-24-13-23(31(45)46)16-43(17-24)33(47)49-34(3,4)5;1-3-2/h11-12,16-17,20,25-26H,13-15,18-19,21H2,1-10H3,(H,41,42,43);9-10,14-15,18,23-24H,11-13,16-17,19H2,1-8H3,(H,45,46)(H,39,40,41);3H,1-2H3/t25-,26+;23-,24+;/m11./s1. The number of fused-ring (bicyclic) bond motifs is 2. The number of aliphatic carboxylic acids is 1. The lowest BCUT2D eigenvalue weighted by Crippen LogP contribution is -2.53. The fourth-order valence-electron chi connectivity index (χ4n) is 12.5. The van der Waals surface area contributed by atoms with Crippen molar-refractivity contribution in [1.29, 1.82) is 0 Å². The number of hydrogen-bond donors (Lipinski definition) is 4. The molecule has 25 nitrogen and oxygen atoms in total. The summed E-state index contributed by atoms with van der Waals surface area (Å²) >= 11 is 0. The van der Waals surface area contributed by atoms with E-state index in [1.807, 2.05) is 59.1 Å². The molecule has 8 heterocycles. The quantitative estimate of drug-likeness (QED) is 0.0313. The molecule has 3 amide bonds. The van der Waals surface area contributed by atoms with Crippen molar-refractivity contribution in [2.75, 3.05) is 78.2 Å². The second-order valence-electron chi connectivity index (χ2n) is 31.9. The smallest absolute Gasteiger partial charge is 0.419 e. The summed E-state index contributed by atoms with van der Waals surface area (Å²) in [6.45, 7) is 32.5. The van der Waals surface area contributed by atoms with Crippen LogP contribution in [-0.4, -0.2) is 190 Å². The minimum atomic E-state index is -4.79. The van der Waals surface area contributed by atoms with Crippen molar-refractivity contribution in [1.82, 2.24) is 59.4 Å². The molecule has 2 saturated heterocycles. The molecular formula is C74H102F6N14O11Si2. The lowest BCUT2D eigenvalue weighted by Gasteiger charge is -2.38. The van der Waals surface area contributed by atoms with E-state index in [1.54, 1.807) is 96.2 Å². The van der Waals surface area contributed by atoms with Gasteiger partial charge in [-0.05, 0) is 132 Å². The molecule has 2 aliphatic rings. The number of alkyl halides is 6. The number of amides is 3. The highest BCUT2D eigenvalue weighted by atomic mass is 28.3. The zero-order valence-corrected chi connectivity index (χ0v) is 66.8. The maximum atomic E-state index is 14.7. The lowest BCUT2D eigenvalue weighted by atomic mass is 9.93. The van der Waals surface area contributed by atoms with Crippen LogP contribution < -0.4 is 16.0 Å². The third-order valence-electron chi connectivity index (χ3n) is 17.6. The second-order valence-corrected chi connectivity index (χ2v) is 43.1. The summed E-state index contributed by atoms with van der Waals surface area (Å²) in [6.07, 6.45) is -5.73. The summed E-state index contributed by atoms with van der Waals surface area (Å²) < 4.78 is 125. The van der Waals surface area contributed by atoms with Gasteiger partial charge in [-0.3, -0.25) is 9.59 Å². The van der Waals surface area contributed by atoms with Crippen molar-refractivity contribution in [2.45, 2.75) is 183 Å². The Kier molecular flexibility index (Phi) is 26.4. The predicted octanol–water partition coefficient (Wildman–Crippen LogP) is 15.5. The van der Waals surface area contributed by atoms with E-state index in [-0.39, 0.29) is 86.4 Å². The first-order chi connectivity index (χ1) is 49.7. The SMILES string of the molecule is CNC.Cc1noc(C)c1-c1ccc2c(-c3nc(N[C@H]4C[C@@H](C(=O)N(C)C)CN(C(=O)OC(C)(C)C)C4)ncc3C(F)(F)F)cn(COCC[Si](C)(C)C)c2c1.Cc1noc(C)c1-c1ccc2c(-c3nc(N[C@H]4C[C@@H](C(=O)O)CN(C(=O)OC(C)(C)C)C4)ncc3C(F)(F)F)cn(COCC[Si](C)(C)C)c2c1. The molecule has 0 unspecified atom stereocenters. The van der Waals surface area contributed by atoms with Crippen molar-refractivity contribution in [3.05, 3.63) is 95.2 Å². The average Bonchev–Trinajstić information content (AvgIpc) is 1.65. The van der Waals surface area contributed by atoms with E-state index >= 15 is 0 Å². The number of rotatable bonds is 20. The van der Waals surface area contributed by atoms with Crippen LogP contribution in [0, 0.1) is 39.5 Å². The molecule has 2 aromatic carbocycles. The van der Waals surface area contributed by atoms with Gasteiger partial charge in [0.2, 0.25) is 17.8 Å². The van der Waals surface area contributed by atoms with Gasteiger partial charge in [0, 0.05) is 140 Å². The number of anilines is 2. The molecule has 0 radical (unpaired) electrons. The second kappa shape index (κ2) is 33.7. The Bertz CT molecular complexity index is 4410. The summed E-state index contributed by atoms with van der Waals surface area (Å²) in [5.74, 6) is -1.79. The van der Waals surface area contributed by atoms with Gasteiger partial charge in [-0.1, -0.05) is 73.9 Å². The Morgan fingerprint density at radius 3 is 1.30 bits per heavy atom. The molecule has 107 heavy (non-hydrogen) atoms. The van der Waals surface area contributed by atoms with Crippen LogP contribution in [0.2, 0.25) is 51.4 Å². The van der Waals surface area contributed by atoms with Crippen LogP contribution in [0.25, 0.3) is 66.6 Å². The number of halogens is 6. The number of likely N-dealkylation sites (tertiary alicyclic amines) is 2. The molecule has 0 bridgehead atoms. The minimum Gasteiger partial charge on any atom is -0.481 e. The zero-order chi connectivity index (χ0) is 79.2. The van der Waals surface area contributed by atoms with Crippen LogP contribution in [0.4, 0.5) is 47.8 Å². The number of aryl methyl sites for hydroxylation is 4. The van der Waals surface area contributed by atoms with Crippen LogP contribution >= 0.6 is 0 Å². The number of aromatic nitrogens is 8. The van der Waals surface area contributed by atoms with E-state index in [4.69, 9.17) is 28.0 Å². The third kappa shape index (κ3) is 22.1. The zero-order valence-electron chi connectivity index (χ0n) is 64.8. The van der Waals surface area contributed by atoms with Gasteiger partial charge in [0.1, 0.15) is 47.3 Å². The number of benzene rings is 2.